The molecule has 94 valence electrons. The molecule has 1 saturated heterocycles. The Morgan fingerprint density at radius 1 is 1.59 bits per heavy atom. The SMILES string of the molecule is Cc1cc(C(O)C2(CN)CCOC2)ccc1Br. The minimum atomic E-state index is -0.554. The van der Waals surface area contributed by atoms with Crippen LogP contribution in [0.4, 0.5) is 0 Å². The number of benzene rings is 1. The fourth-order valence-electron chi connectivity index (χ4n) is 2.30. The molecular formula is C13H18BrNO2. The van der Waals surface area contributed by atoms with E-state index in [9.17, 15) is 5.11 Å². The van der Waals surface area contributed by atoms with Crippen molar-refractivity contribution in [2.45, 2.75) is 19.4 Å². The van der Waals surface area contributed by atoms with E-state index in [2.05, 4.69) is 15.9 Å². The lowest BCUT2D eigenvalue weighted by molar-refractivity contribution is 0.0190. The van der Waals surface area contributed by atoms with E-state index in [0.29, 0.717) is 19.8 Å². The molecule has 4 heteroatoms. The predicted molar refractivity (Wildman–Crippen MR) is 70.8 cm³/mol. The number of aliphatic hydroxyl groups is 1. The Kier molecular flexibility index (Phi) is 3.88. The summed E-state index contributed by atoms with van der Waals surface area (Å²) in [5.41, 5.74) is 7.54. The summed E-state index contributed by atoms with van der Waals surface area (Å²) in [7, 11) is 0. The summed E-state index contributed by atoms with van der Waals surface area (Å²) in [5, 5.41) is 10.5. The summed E-state index contributed by atoms with van der Waals surface area (Å²) in [6, 6.07) is 5.91. The maximum absolute atomic E-state index is 10.5. The van der Waals surface area contributed by atoms with E-state index in [1.807, 2.05) is 25.1 Å². The number of hydrogen-bond acceptors (Lipinski definition) is 3. The predicted octanol–water partition coefficient (Wildman–Crippen LogP) is 2.16. The van der Waals surface area contributed by atoms with Crippen molar-refractivity contribution < 1.29 is 9.84 Å². The highest BCUT2D eigenvalue weighted by Crippen LogP contribution is 2.40. The minimum Gasteiger partial charge on any atom is -0.388 e. The molecule has 1 aliphatic heterocycles. The number of aryl methyl sites for hydroxylation is 1. The maximum atomic E-state index is 10.5. The van der Waals surface area contributed by atoms with Gasteiger partial charge in [0.25, 0.3) is 0 Å². The Morgan fingerprint density at radius 2 is 2.35 bits per heavy atom. The highest BCUT2D eigenvalue weighted by molar-refractivity contribution is 9.10. The second-order valence-electron chi connectivity index (χ2n) is 4.78. The molecular weight excluding hydrogens is 282 g/mol. The van der Waals surface area contributed by atoms with Crippen molar-refractivity contribution in [2.24, 2.45) is 11.1 Å². The molecule has 2 unspecified atom stereocenters. The highest BCUT2D eigenvalue weighted by Gasteiger charge is 2.41. The molecule has 1 heterocycles. The first-order chi connectivity index (χ1) is 8.09. The van der Waals surface area contributed by atoms with Crippen LogP contribution in [0.25, 0.3) is 0 Å². The van der Waals surface area contributed by atoms with E-state index in [1.54, 1.807) is 0 Å². The second-order valence-corrected chi connectivity index (χ2v) is 5.63. The molecule has 3 N–H and O–H groups in total. The van der Waals surface area contributed by atoms with Crippen molar-refractivity contribution in [3.63, 3.8) is 0 Å². The normalized spacial score (nSPS) is 26.1. The van der Waals surface area contributed by atoms with Crippen molar-refractivity contribution in [1.82, 2.24) is 0 Å². The molecule has 3 nitrogen and oxygen atoms in total. The van der Waals surface area contributed by atoms with E-state index < -0.39 is 6.10 Å². The summed E-state index contributed by atoms with van der Waals surface area (Å²) in [6.07, 6.45) is 0.265. The van der Waals surface area contributed by atoms with Crippen LogP contribution >= 0.6 is 15.9 Å². The van der Waals surface area contributed by atoms with Gasteiger partial charge in [-0.2, -0.15) is 0 Å². The number of hydrogen-bond donors (Lipinski definition) is 2. The highest BCUT2D eigenvalue weighted by atomic mass is 79.9. The lowest BCUT2D eigenvalue weighted by Crippen LogP contribution is -2.37. The van der Waals surface area contributed by atoms with Crippen LogP contribution in [-0.2, 0) is 4.74 Å². The van der Waals surface area contributed by atoms with Crippen LogP contribution in [0.5, 0.6) is 0 Å². The van der Waals surface area contributed by atoms with Gasteiger partial charge in [0.15, 0.2) is 0 Å². The molecule has 0 aromatic heterocycles. The standard InChI is InChI=1S/C13H18BrNO2/c1-9-6-10(2-3-11(9)14)12(16)13(7-15)4-5-17-8-13/h2-3,6,12,16H,4-5,7-8,15H2,1H3. The van der Waals surface area contributed by atoms with E-state index in [0.717, 1.165) is 22.0 Å². The van der Waals surface area contributed by atoms with Gasteiger partial charge in [-0.15, -0.1) is 0 Å². The van der Waals surface area contributed by atoms with Crippen LogP contribution in [-0.4, -0.2) is 24.9 Å². The van der Waals surface area contributed by atoms with Gasteiger partial charge in [-0.3, -0.25) is 0 Å². The third-order valence-electron chi connectivity index (χ3n) is 3.62. The molecule has 0 spiro atoms. The average molecular weight is 300 g/mol. The van der Waals surface area contributed by atoms with Gasteiger partial charge < -0.3 is 15.6 Å². The molecule has 17 heavy (non-hydrogen) atoms. The largest absolute Gasteiger partial charge is 0.388 e. The molecule has 1 aromatic rings. The van der Waals surface area contributed by atoms with Crippen molar-refractivity contribution >= 4 is 15.9 Å². The minimum absolute atomic E-state index is 0.319. The number of rotatable bonds is 3. The van der Waals surface area contributed by atoms with Gasteiger partial charge in [0.2, 0.25) is 0 Å². The second kappa shape index (κ2) is 5.06. The molecule has 0 aliphatic carbocycles. The van der Waals surface area contributed by atoms with E-state index >= 15 is 0 Å². The molecule has 1 fully saturated rings. The average Bonchev–Trinajstić information content (AvgIpc) is 2.81. The Balaban J connectivity index is 2.29. The molecule has 0 saturated carbocycles. The van der Waals surface area contributed by atoms with Crippen LogP contribution < -0.4 is 5.73 Å². The van der Waals surface area contributed by atoms with Crippen molar-refractivity contribution in [2.75, 3.05) is 19.8 Å². The summed E-state index contributed by atoms with van der Waals surface area (Å²) < 4.78 is 6.45. The first-order valence-corrected chi connectivity index (χ1v) is 6.60. The van der Waals surface area contributed by atoms with Gasteiger partial charge in [-0.05, 0) is 30.5 Å². The van der Waals surface area contributed by atoms with E-state index in [-0.39, 0.29) is 5.41 Å². The summed E-state index contributed by atoms with van der Waals surface area (Å²) in [4.78, 5) is 0. The van der Waals surface area contributed by atoms with Gasteiger partial charge in [0.1, 0.15) is 0 Å². The van der Waals surface area contributed by atoms with E-state index in [4.69, 9.17) is 10.5 Å². The molecule has 0 radical (unpaired) electrons. The van der Waals surface area contributed by atoms with Gasteiger partial charge in [0.05, 0.1) is 12.7 Å². The summed E-state index contributed by atoms with van der Waals surface area (Å²) in [6.45, 7) is 3.69. The fraction of sp³-hybridized carbons (Fsp3) is 0.538. The summed E-state index contributed by atoms with van der Waals surface area (Å²) in [5.74, 6) is 0. The molecule has 2 rings (SSSR count). The Bertz CT molecular complexity index is 402. The zero-order valence-corrected chi connectivity index (χ0v) is 11.5. The van der Waals surface area contributed by atoms with Gasteiger partial charge in [-0.1, -0.05) is 28.1 Å². The monoisotopic (exact) mass is 299 g/mol. The summed E-state index contributed by atoms with van der Waals surface area (Å²) >= 11 is 3.46. The molecule has 0 bridgehead atoms. The Hall–Kier alpha value is -0.420. The molecule has 1 aliphatic rings. The van der Waals surface area contributed by atoms with Crippen molar-refractivity contribution in [1.29, 1.82) is 0 Å². The number of aliphatic hydroxyl groups excluding tert-OH is 1. The Morgan fingerprint density at radius 3 is 2.88 bits per heavy atom. The van der Waals surface area contributed by atoms with Crippen LogP contribution in [0, 0.1) is 12.3 Å². The van der Waals surface area contributed by atoms with Crippen molar-refractivity contribution in [3.05, 3.63) is 33.8 Å². The van der Waals surface area contributed by atoms with Crippen molar-refractivity contribution in [3.8, 4) is 0 Å². The van der Waals surface area contributed by atoms with E-state index in [1.165, 1.54) is 0 Å². The quantitative estimate of drug-likeness (QED) is 0.899. The lowest BCUT2D eigenvalue weighted by Gasteiger charge is -2.31. The number of halogens is 1. The first-order valence-electron chi connectivity index (χ1n) is 5.81. The topological polar surface area (TPSA) is 55.5 Å². The molecule has 2 atom stereocenters. The first kappa shape index (κ1) is 13.0. The fourth-order valence-corrected chi connectivity index (χ4v) is 2.55. The number of ether oxygens (including phenoxy) is 1. The van der Waals surface area contributed by atoms with Crippen LogP contribution in [0.3, 0.4) is 0 Å². The van der Waals surface area contributed by atoms with Gasteiger partial charge in [-0.25, -0.2) is 0 Å². The lowest BCUT2D eigenvalue weighted by atomic mass is 9.78. The third kappa shape index (κ3) is 2.40. The van der Waals surface area contributed by atoms with Crippen LogP contribution in [0.2, 0.25) is 0 Å². The zero-order valence-electron chi connectivity index (χ0n) is 9.95. The Labute approximate surface area is 110 Å². The molecule has 1 aromatic carbocycles. The maximum Gasteiger partial charge on any atom is 0.0881 e. The number of nitrogens with two attached hydrogens (primary N) is 1. The van der Waals surface area contributed by atoms with Crippen LogP contribution in [0.1, 0.15) is 23.7 Å². The smallest absolute Gasteiger partial charge is 0.0881 e. The third-order valence-corrected chi connectivity index (χ3v) is 4.51. The van der Waals surface area contributed by atoms with Crippen LogP contribution in [0.15, 0.2) is 22.7 Å². The van der Waals surface area contributed by atoms with Gasteiger partial charge >= 0.3 is 0 Å². The van der Waals surface area contributed by atoms with Gasteiger partial charge in [0, 0.05) is 23.0 Å². The molecule has 0 amide bonds. The zero-order chi connectivity index (χ0) is 12.5.